The van der Waals surface area contributed by atoms with E-state index in [1.54, 1.807) is 6.92 Å². The van der Waals surface area contributed by atoms with Crippen LogP contribution in [0.25, 0.3) is 0 Å². The number of aliphatic carboxylic acids is 1. The number of thiol groups is 1. The van der Waals surface area contributed by atoms with Crippen molar-refractivity contribution in [3.05, 3.63) is 99.6 Å². The zero-order valence-corrected chi connectivity index (χ0v) is 31.2. The molecule has 0 saturated heterocycles. The highest BCUT2D eigenvalue weighted by Gasteiger charge is 2.38. The van der Waals surface area contributed by atoms with Crippen molar-refractivity contribution in [1.29, 1.82) is 0 Å². The molecule has 0 amide bonds. The van der Waals surface area contributed by atoms with E-state index in [0.29, 0.717) is 10.8 Å². The van der Waals surface area contributed by atoms with Crippen LogP contribution < -0.4 is 0 Å². The molecule has 1 unspecified atom stereocenters. The van der Waals surface area contributed by atoms with E-state index in [1.807, 2.05) is 23.9 Å². The van der Waals surface area contributed by atoms with Gasteiger partial charge in [-0.15, -0.1) is 17.7 Å². The molecule has 3 aromatic carbocycles. The van der Waals surface area contributed by atoms with Gasteiger partial charge in [-0.05, 0) is 105 Å². The first-order valence-electron chi connectivity index (χ1n) is 16.7. The lowest BCUT2D eigenvalue weighted by atomic mass is 9.63. The number of hydrogen-bond donors (Lipinski definition) is 2. The van der Waals surface area contributed by atoms with E-state index in [0.717, 1.165) is 17.1 Å². The smallest absolute Gasteiger partial charge is 0.304 e. The zero-order chi connectivity index (χ0) is 33.9. The fourth-order valence-corrected chi connectivity index (χ4v) is 8.06. The van der Waals surface area contributed by atoms with E-state index < -0.39 is 5.97 Å². The van der Waals surface area contributed by atoms with Crippen molar-refractivity contribution in [2.45, 2.75) is 138 Å². The molecule has 1 N–H and O–H groups in total. The van der Waals surface area contributed by atoms with Crippen molar-refractivity contribution in [1.82, 2.24) is 0 Å². The summed E-state index contributed by atoms with van der Waals surface area (Å²) < 4.78 is 0. The van der Waals surface area contributed by atoms with Gasteiger partial charge in [0.25, 0.3) is 0 Å². The van der Waals surface area contributed by atoms with Crippen LogP contribution in [0.4, 0.5) is 0 Å². The molecular weight excluding hydrogens is 601 g/mol. The molecular formula is C42H54O2S2. The minimum atomic E-state index is -0.820. The summed E-state index contributed by atoms with van der Waals surface area (Å²) in [6.07, 6.45) is 5.06. The van der Waals surface area contributed by atoms with Crippen molar-refractivity contribution in [3.8, 4) is 11.8 Å². The van der Waals surface area contributed by atoms with Crippen LogP contribution in [0.5, 0.6) is 0 Å². The number of rotatable bonds is 7. The van der Waals surface area contributed by atoms with Gasteiger partial charge in [-0.3, -0.25) is 4.79 Å². The molecule has 0 saturated carbocycles. The number of fused-ring (bicyclic) bond motifs is 2. The van der Waals surface area contributed by atoms with Gasteiger partial charge in [0.2, 0.25) is 0 Å². The van der Waals surface area contributed by atoms with E-state index in [4.69, 9.17) is 5.11 Å². The summed E-state index contributed by atoms with van der Waals surface area (Å²) in [5.74, 6) is 6.56. The van der Waals surface area contributed by atoms with Crippen LogP contribution in [0.1, 0.15) is 139 Å². The molecule has 0 aromatic heterocycles. The van der Waals surface area contributed by atoms with Crippen LogP contribution in [0.15, 0.2) is 65.6 Å². The quantitative estimate of drug-likeness (QED) is 0.151. The minimum absolute atomic E-state index is 0.0363. The largest absolute Gasteiger partial charge is 0.481 e. The Morgan fingerprint density at radius 3 is 1.65 bits per heavy atom. The number of carboxylic acid groups (broad SMARTS) is 1. The second-order valence-corrected chi connectivity index (χ2v) is 17.2. The molecule has 0 aliphatic heterocycles. The summed E-state index contributed by atoms with van der Waals surface area (Å²) in [7, 11) is 0. The number of thioether (sulfide) groups is 1. The van der Waals surface area contributed by atoms with Crippen LogP contribution in [0.3, 0.4) is 0 Å². The summed E-state index contributed by atoms with van der Waals surface area (Å²) in [6.45, 7) is 20.7. The van der Waals surface area contributed by atoms with Crippen molar-refractivity contribution < 1.29 is 9.90 Å². The summed E-state index contributed by atoms with van der Waals surface area (Å²) in [5.41, 5.74) is 10.9. The highest BCUT2D eigenvalue weighted by molar-refractivity contribution is 7.98. The Kier molecular flexibility index (Phi) is 11.2. The Morgan fingerprint density at radius 1 is 0.739 bits per heavy atom. The average molecular weight is 655 g/mol. The van der Waals surface area contributed by atoms with Gasteiger partial charge in [0, 0.05) is 16.4 Å². The first-order valence-corrected chi connectivity index (χ1v) is 18.4. The molecule has 46 heavy (non-hydrogen) atoms. The SMILES string of the molecule is CC#CC(CC(=O)O)c1ccc(SCc2ccc3c(c2)C(C)(C)CCC3(C)C)cc1.CC1(C)CCC(C)(C)c2cc(CS)ccc21. The molecule has 1 atom stereocenters. The lowest BCUT2D eigenvalue weighted by molar-refractivity contribution is -0.137. The normalized spacial score (nSPS) is 18.8. The first-order chi connectivity index (χ1) is 21.5. The van der Waals surface area contributed by atoms with Gasteiger partial charge >= 0.3 is 5.97 Å². The molecule has 0 bridgehead atoms. The number of carboxylic acids is 1. The molecule has 5 rings (SSSR count). The van der Waals surface area contributed by atoms with E-state index in [2.05, 4.69) is 128 Å². The highest BCUT2D eigenvalue weighted by atomic mass is 32.2. The van der Waals surface area contributed by atoms with Crippen molar-refractivity contribution in [2.24, 2.45) is 0 Å². The van der Waals surface area contributed by atoms with Gasteiger partial charge in [0.05, 0.1) is 12.3 Å². The molecule has 0 spiro atoms. The van der Waals surface area contributed by atoms with E-state index in [-0.39, 0.29) is 23.2 Å². The third-order valence-corrected chi connectivity index (χ3v) is 11.9. The fourth-order valence-electron chi connectivity index (χ4n) is 7.02. The van der Waals surface area contributed by atoms with Gasteiger partial charge in [-0.2, -0.15) is 12.6 Å². The maximum Gasteiger partial charge on any atom is 0.304 e. The standard InChI is InChI=1S/C27H32O2S.C15H22S/c1-6-7-21(17-25(28)29)20-9-11-22(12-10-20)30-18-19-8-13-23-24(16-19)27(4,5)15-14-26(23,2)3;1-14(2)7-8-15(3,4)13-9-11(10-16)5-6-12(13)14/h8-13,16,21H,14-15,17-18H2,1-5H3,(H,28,29);5-6,9,16H,7-8,10H2,1-4H3. The zero-order valence-electron chi connectivity index (χ0n) is 29.5. The Morgan fingerprint density at radius 2 is 1.20 bits per heavy atom. The predicted octanol–water partition coefficient (Wildman–Crippen LogP) is 11.4. The predicted molar refractivity (Wildman–Crippen MR) is 201 cm³/mol. The van der Waals surface area contributed by atoms with E-state index in [9.17, 15) is 4.79 Å². The number of carbonyl (C=O) groups is 1. The molecule has 4 heteroatoms. The van der Waals surface area contributed by atoms with Crippen LogP contribution in [0, 0.1) is 11.8 Å². The van der Waals surface area contributed by atoms with Gasteiger partial charge < -0.3 is 5.11 Å². The van der Waals surface area contributed by atoms with Crippen molar-refractivity contribution in [3.63, 3.8) is 0 Å². The molecule has 0 fully saturated rings. The van der Waals surface area contributed by atoms with Crippen LogP contribution in [-0.4, -0.2) is 11.1 Å². The maximum atomic E-state index is 11.1. The van der Waals surface area contributed by atoms with Crippen molar-refractivity contribution in [2.75, 3.05) is 0 Å². The maximum absolute atomic E-state index is 11.1. The molecule has 2 nitrogen and oxygen atoms in total. The van der Waals surface area contributed by atoms with Gasteiger partial charge in [0.1, 0.15) is 0 Å². The Labute approximate surface area is 289 Å². The summed E-state index contributed by atoms with van der Waals surface area (Å²) in [5, 5.41) is 9.12. The third kappa shape index (κ3) is 8.45. The molecule has 0 radical (unpaired) electrons. The first kappa shape index (κ1) is 36.2. The summed E-state index contributed by atoms with van der Waals surface area (Å²) in [4.78, 5) is 12.3. The van der Waals surface area contributed by atoms with Gasteiger partial charge in [-0.1, -0.05) is 110 Å². The third-order valence-electron chi connectivity index (χ3n) is 10.4. The monoisotopic (exact) mass is 654 g/mol. The second-order valence-electron chi connectivity index (χ2n) is 15.9. The highest BCUT2D eigenvalue weighted by Crippen LogP contribution is 2.47. The Balaban J connectivity index is 0.000000252. The minimum Gasteiger partial charge on any atom is -0.481 e. The van der Waals surface area contributed by atoms with E-state index in [1.165, 1.54) is 64.0 Å². The van der Waals surface area contributed by atoms with Crippen LogP contribution in [0.2, 0.25) is 0 Å². The lowest BCUT2D eigenvalue weighted by Crippen LogP contribution is -2.33. The number of benzene rings is 3. The van der Waals surface area contributed by atoms with Gasteiger partial charge in [-0.25, -0.2) is 0 Å². The molecule has 3 aromatic rings. The van der Waals surface area contributed by atoms with Crippen LogP contribution >= 0.6 is 24.4 Å². The van der Waals surface area contributed by atoms with Crippen LogP contribution in [-0.2, 0) is 38.0 Å². The topological polar surface area (TPSA) is 37.3 Å². The molecule has 2 aliphatic carbocycles. The molecule has 246 valence electrons. The Hall–Kier alpha value is -2.61. The van der Waals surface area contributed by atoms with Crippen molar-refractivity contribution >= 4 is 30.4 Å². The fraction of sp³-hybridized carbons (Fsp3) is 0.500. The Bertz CT molecular complexity index is 1600. The molecule has 2 aliphatic rings. The molecule has 0 heterocycles. The lowest BCUT2D eigenvalue weighted by Gasteiger charge is -2.42. The van der Waals surface area contributed by atoms with E-state index >= 15 is 0 Å². The summed E-state index contributed by atoms with van der Waals surface area (Å²) >= 11 is 6.20. The average Bonchev–Trinajstić information content (AvgIpc) is 3.01. The number of hydrogen-bond acceptors (Lipinski definition) is 3. The second kappa shape index (κ2) is 14.2. The summed E-state index contributed by atoms with van der Waals surface area (Å²) in [6, 6.07) is 22.1. The van der Waals surface area contributed by atoms with Gasteiger partial charge in [0.15, 0.2) is 0 Å².